The van der Waals surface area contributed by atoms with Crippen LogP contribution in [0.3, 0.4) is 0 Å². The van der Waals surface area contributed by atoms with E-state index in [0.29, 0.717) is 25.7 Å². The van der Waals surface area contributed by atoms with Gasteiger partial charge in [0.2, 0.25) is 0 Å². The van der Waals surface area contributed by atoms with Gasteiger partial charge in [-0.05, 0) is 43.4 Å². The molecular formula is C81H158O17P2. The van der Waals surface area contributed by atoms with Crippen molar-refractivity contribution in [3.8, 4) is 0 Å². The number of aliphatic hydroxyl groups excluding tert-OH is 1. The number of ether oxygens (including phenoxy) is 4. The Balaban J connectivity index is 5.24. The number of phosphoric ester groups is 2. The molecule has 0 aromatic rings. The summed E-state index contributed by atoms with van der Waals surface area (Å²) in [5.41, 5.74) is 0. The molecule has 0 aliphatic rings. The van der Waals surface area contributed by atoms with Crippen LogP contribution in [0.1, 0.15) is 421 Å². The van der Waals surface area contributed by atoms with Crippen LogP contribution < -0.4 is 0 Å². The molecule has 0 spiro atoms. The summed E-state index contributed by atoms with van der Waals surface area (Å²) in [5.74, 6) is 0.226. The zero-order chi connectivity index (χ0) is 73.7. The molecule has 0 aliphatic heterocycles. The SMILES string of the molecule is CCCCCCCCCCCCCCCCCCCCCCCC(=O)O[C@H](COC(=O)CCCCCCCCCCCCC(C)CC)COP(=O)(O)OC[C@@H](O)COP(=O)(O)OC[C@@H](COC(=O)CCCCCCCCCCC(C)CC)OC(=O)CCCCCCCCCCCCC(C)C. The summed E-state index contributed by atoms with van der Waals surface area (Å²) in [6.45, 7) is 12.0. The monoisotopic (exact) mass is 1470 g/mol. The van der Waals surface area contributed by atoms with Gasteiger partial charge in [0.15, 0.2) is 12.2 Å². The number of hydrogen-bond donors (Lipinski definition) is 3. The molecule has 4 unspecified atom stereocenters. The third kappa shape index (κ3) is 71.7. The second-order valence-corrected chi connectivity index (χ2v) is 33.0. The fraction of sp³-hybridized carbons (Fsp3) is 0.951. The van der Waals surface area contributed by atoms with Gasteiger partial charge in [0, 0.05) is 25.7 Å². The van der Waals surface area contributed by atoms with Crippen molar-refractivity contribution in [3.05, 3.63) is 0 Å². The molecule has 0 aromatic heterocycles. The third-order valence-corrected chi connectivity index (χ3v) is 21.5. The van der Waals surface area contributed by atoms with E-state index in [9.17, 15) is 43.2 Å². The highest BCUT2D eigenvalue weighted by Gasteiger charge is 2.30. The smallest absolute Gasteiger partial charge is 0.462 e. The van der Waals surface area contributed by atoms with E-state index < -0.39 is 97.5 Å². The Bertz CT molecular complexity index is 1940. The van der Waals surface area contributed by atoms with Crippen LogP contribution in [-0.2, 0) is 65.4 Å². The van der Waals surface area contributed by atoms with Gasteiger partial charge in [-0.25, -0.2) is 9.13 Å². The van der Waals surface area contributed by atoms with Crippen molar-refractivity contribution in [2.75, 3.05) is 39.6 Å². The highest BCUT2D eigenvalue weighted by molar-refractivity contribution is 7.47. The Hall–Kier alpha value is -1.94. The summed E-state index contributed by atoms with van der Waals surface area (Å²) < 4.78 is 68.7. The van der Waals surface area contributed by atoms with Gasteiger partial charge in [-0.15, -0.1) is 0 Å². The number of rotatable bonds is 79. The minimum absolute atomic E-state index is 0.105. The molecule has 594 valence electrons. The van der Waals surface area contributed by atoms with Crippen molar-refractivity contribution in [2.24, 2.45) is 17.8 Å². The highest BCUT2D eigenvalue weighted by Crippen LogP contribution is 2.45. The van der Waals surface area contributed by atoms with Gasteiger partial charge >= 0.3 is 39.5 Å². The second kappa shape index (κ2) is 71.3. The number of carbonyl (C=O) groups is 4. The van der Waals surface area contributed by atoms with Crippen LogP contribution in [0.4, 0.5) is 0 Å². The lowest BCUT2D eigenvalue weighted by Crippen LogP contribution is -2.30. The lowest BCUT2D eigenvalue weighted by Gasteiger charge is -2.21. The Morgan fingerprint density at radius 1 is 0.290 bits per heavy atom. The van der Waals surface area contributed by atoms with Crippen LogP contribution in [0.15, 0.2) is 0 Å². The Kier molecular flexibility index (Phi) is 69.9. The molecule has 7 atom stereocenters. The van der Waals surface area contributed by atoms with Crippen LogP contribution >= 0.6 is 15.6 Å². The number of hydrogen-bond acceptors (Lipinski definition) is 15. The lowest BCUT2D eigenvalue weighted by molar-refractivity contribution is -0.161. The Morgan fingerprint density at radius 3 is 0.760 bits per heavy atom. The summed E-state index contributed by atoms with van der Waals surface area (Å²) >= 11 is 0. The number of unbranched alkanes of at least 4 members (excludes halogenated alkanes) is 45. The predicted octanol–water partition coefficient (Wildman–Crippen LogP) is 24.1. The van der Waals surface area contributed by atoms with E-state index >= 15 is 0 Å². The maximum Gasteiger partial charge on any atom is 0.472 e. The molecule has 3 N–H and O–H groups in total. The van der Waals surface area contributed by atoms with Crippen molar-refractivity contribution >= 4 is 39.5 Å². The molecule has 0 fully saturated rings. The maximum atomic E-state index is 13.1. The molecule has 0 aliphatic carbocycles. The molecule has 0 saturated heterocycles. The van der Waals surface area contributed by atoms with Gasteiger partial charge in [0.1, 0.15) is 19.3 Å². The zero-order valence-electron chi connectivity index (χ0n) is 65.7. The molecule has 0 aromatic carbocycles. The summed E-state index contributed by atoms with van der Waals surface area (Å²) in [5, 5.41) is 10.6. The van der Waals surface area contributed by atoms with Gasteiger partial charge in [0.25, 0.3) is 0 Å². The first-order valence-corrected chi connectivity index (χ1v) is 44.9. The van der Waals surface area contributed by atoms with Crippen molar-refractivity contribution in [3.63, 3.8) is 0 Å². The van der Waals surface area contributed by atoms with Crippen molar-refractivity contribution in [2.45, 2.75) is 439 Å². The number of esters is 4. The normalized spacial score (nSPS) is 14.5. The molecule has 0 saturated carbocycles. The van der Waals surface area contributed by atoms with Crippen LogP contribution in [0, 0.1) is 17.8 Å². The first kappa shape index (κ1) is 98.1. The molecule has 17 nitrogen and oxygen atoms in total. The van der Waals surface area contributed by atoms with E-state index in [4.69, 9.17) is 37.0 Å². The van der Waals surface area contributed by atoms with Crippen molar-refractivity contribution < 1.29 is 80.2 Å². The Morgan fingerprint density at radius 2 is 0.510 bits per heavy atom. The number of aliphatic hydroxyl groups is 1. The molecule has 0 heterocycles. The minimum Gasteiger partial charge on any atom is -0.462 e. The van der Waals surface area contributed by atoms with E-state index in [2.05, 4.69) is 48.5 Å². The first-order valence-electron chi connectivity index (χ1n) is 41.9. The number of phosphoric acid groups is 2. The summed E-state index contributed by atoms with van der Waals surface area (Å²) in [6.07, 6.45) is 59.6. The fourth-order valence-corrected chi connectivity index (χ4v) is 14.0. The maximum absolute atomic E-state index is 13.1. The van der Waals surface area contributed by atoms with Crippen LogP contribution in [0.2, 0.25) is 0 Å². The van der Waals surface area contributed by atoms with Crippen LogP contribution in [0.25, 0.3) is 0 Å². The fourth-order valence-electron chi connectivity index (χ4n) is 12.4. The molecule has 0 rings (SSSR count). The molecule has 0 radical (unpaired) electrons. The van der Waals surface area contributed by atoms with Gasteiger partial charge in [-0.1, -0.05) is 370 Å². The molecule has 100 heavy (non-hydrogen) atoms. The lowest BCUT2D eigenvalue weighted by atomic mass is 9.99. The summed E-state index contributed by atoms with van der Waals surface area (Å²) in [6, 6.07) is 0. The van der Waals surface area contributed by atoms with Crippen molar-refractivity contribution in [1.82, 2.24) is 0 Å². The summed E-state index contributed by atoms with van der Waals surface area (Å²) in [4.78, 5) is 73.0. The number of carbonyl (C=O) groups excluding carboxylic acids is 4. The van der Waals surface area contributed by atoms with Gasteiger partial charge < -0.3 is 33.8 Å². The standard InChI is InChI=1S/C81H158O17P2/c1-8-11-12-13-14-15-16-17-18-19-20-21-22-23-24-25-26-34-43-50-57-64-80(85)97-76(68-91-78(83)62-55-48-41-33-30-28-32-39-46-53-60-73(6)9-2)70-95-99(87,88)93-66-75(82)67-94-100(89,90)96-71-77(69-92-79(84)63-56-49-42-37-36-40-47-54-61-74(7)10-3)98-81(86)65-58-51-44-35-29-27-31-38-45-52-59-72(4)5/h72-77,82H,8-71H2,1-7H3,(H,87,88)(H,89,90)/t73?,74?,75-,76-,77-/m1/s1. The third-order valence-electron chi connectivity index (χ3n) is 19.6. The summed E-state index contributed by atoms with van der Waals surface area (Å²) in [7, 11) is -9.92. The average molecular weight is 1470 g/mol. The van der Waals surface area contributed by atoms with Gasteiger partial charge in [-0.2, -0.15) is 0 Å². The average Bonchev–Trinajstić information content (AvgIpc) is 0.917. The second-order valence-electron chi connectivity index (χ2n) is 30.1. The Labute approximate surface area is 613 Å². The van der Waals surface area contributed by atoms with Gasteiger partial charge in [0.05, 0.1) is 26.4 Å². The molecule has 0 bridgehead atoms. The van der Waals surface area contributed by atoms with Gasteiger partial charge in [-0.3, -0.25) is 37.3 Å². The molecular weight excluding hydrogens is 1310 g/mol. The minimum atomic E-state index is -4.96. The topological polar surface area (TPSA) is 237 Å². The predicted molar refractivity (Wildman–Crippen MR) is 409 cm³/mol. The highest BCUT2D eigenvalue weighted by atomic mass is 31.2. The van der Waals surface area contributed by atoms with Crippen LogP contribution in [-0.4, -0.2) is 96.7 Å². The zero-order valence-corrected chi connectivity index (χ0v) is 67.5. The van der Waals surface area contributed by atoms with E-state index in [0.717, 1.165) is 108 Å². The first-order chi connectivity index (χ1) is 48.3. The van der Waals surface area contributed by atoms with E-state index in [1.165, 1.54) is 231 Å². The van der Waals surface area contributed by atoms with E-state index in [1.807, 2.05) is 0 Å². The van der Waals surface area contributed by atoms with E-state index in [-0.39, 0.29) is 25.7 Å². The molecule has 19 heteroatoms. The van der Waals surface area contributed by atoms with Crippen molar-refractivity contribution in [1.29, 1.82) is 0 Å². The molecule has 0 amide bonds. The largest absolute Gasteiger partial charge is 0.472 e. The van der Waals surface area contributed by atoms with Crippen LogP contribution in [0.5, 0.6) is 0 Å². The van der Waals surface area contributed by atoms with E-state index in [1.54, 1.807) is 0 Å². The quantitative estimate of drug-likeness (QED) is 0.0222.